The largest absolute Gasteiger partial charge is 0.508 e. The maximum atomic E-state index is 12.0. The highest BCUT2D eigenvalue weighted by molar-refractivity contribution is 5.94. The Kier molecular flexibility index (Phi) is 3.23. The van der Waals surface area contributed by atoms with Crippen LogP contribution in [0.1, 0.15) is 16.1 Å². The molecule has 5 heteroatoms. The second kappa shape index (κ2) is 4.83. The van der Waals surface area contributed by atoms with Gasteiger partial charge in [0.25, 0.3) is 5.91 Å². The highest BCUT2D eigenvalue weighted by Gasteiger charge is 2.14. The van der Waals surface area contributed by atoms with E-state index in [2.05, 4.69) is 0 Å². The van der Waals surface area contributed by atoms with Crippen LogP contribution >= 0.6 is 0 Å². The number of hydrogen-bond donors (Lipinski definition) is 2. The average Bonchev–Trinajstić information content (AvgIpc) is 2.79. The lowest BCUT2D eigenvalue weighted by atomic mass is 10.1. The van der Waals surface area contributed by atoms with Gasteiger partial charge in [-0.15, -0.1) is 0 Å². The van der Waals surface area contributed by atoms with Crippen LogP contribution in [-0.4, -0.2) is 28.1 Å². The summed E-state index contributed by atoms with van der Waals surface area (Å²) in [5.74, 6) is 0.0577. The van der Waals surface area contributed by atoms with Crippen molar-refractivity contribution in [2.75, 3.05) is 7.05 Å². The molecule has 5 nitrogen and oxygen atoms in total. The number of aromatic hydroxyl groups is 2. The number of nitrogens with zero attached hydrogens (tertiary/aromatic N) is 1. The first-order chi connectivity index (χ1) is 8.56. The van der Waals surface area contributed by atoms with Gasteiger partial charge in [-0.1, -0.05) is 0 Å². The van der Waals surface area contributed by atoms with Crippen molar-refractivity contribution in [1.29, 1.82) is 0 Å². The minimum Gasteiger partial charge on any atom is -0.508 e. The average molecular weight is 247 g/mol. The molecule has 94 valence electrons. The molecule has 0 saturated heterocycles. The van der Waals surface area contributed by atoms with Crippen LogP contribution in [0.15, 0.2) is 41.0 Å². The monoisotopic (exact) mass is 247 g/mol. The molecule has 2 N–H and O–H groups in total. The lowest BCUT2D eigenvalue weighted by Gasteiger charge is -2.16. The zero-order chi connectivity index (χ0) is 13.1. The molecule has 0 unspecified atom stereocenters. The predicted octanol–water partition coefficient (Wildman–Crippen LogP) is 1.96. The summed E-state index contributed by atoms with van der Waals surface area (Å²) >= 11 is 0. The summed E-state index contributed by atoms with van der Waals surface area (Å²) in [6.07, 6.45) is 1.54. The molecule has 1 heterocycles. The van der Waals surface area contributed by atoms with Crippen LogP contribution in [-0.2, 0) is 6.54 Å². The van der Waals surface area contributed by atoms with Gasteiger partial charge in [0.05, 0.1) is 12.8 Å². The van der Waals surface area contributed by atoms with Crippen LogP contribution in [0.25, 0.3) is 0 Å². The molecule has 1 aromatic carbocycles. The van der Waals surface area contributed by atoms with Gasteiger partial charge in [0.15, 0.2) is 0 Å². The Morgan fingerprint density at radius 1 is 1.28 bits per heavy atom. The fourth-order valence-corrected chi connectivity index (χ4v) is 1.65. The molecule has 18 heavy (non-hydrogen) atoms. The molecular formula is C13H13NO4. The molecule has 0 spiro atoms. The molecule has 0 aliphatic heterocycles. The van der Waals surface area contributed by atoms with E-state index in [0.717, 1.165) is 0 Å². The molecular weight excluding hydrogens is 234 g/mol. The van der Waals surface area contributed by atoms with Crippen LogP contribution < -0.4 is 0 Å². The third-order valence-electron chi connectivity index (χ3n) is 2.47. The summed E-state index contributed by atoms with van der Waals surface area (Å²) in [6, 6.07) is 7.29. The summed E-state index contributed by atoms with van der Waals surface area (Å²) < 4.78 is 5.14. The summed E-state index contributed by atoms with van der Waals surface area (Å²) in [4.78, 5) is 13.5. The van der Waals surface area contributed by atoms with E-state index in [1.807, 2.05) is 0 Å². The third kappa shape index (κ3) is 2.63. The SMILES string of the molecule is CN(Cc1ccco1)C(=O)c1cc(O)cc(O)c1. The highest BCUT2D eigenvalue weighted by Crippen LogP contribution is 2.21. The van der Waals surface area contributed by atoms with E-state index in [4.69, 9.17) is 4.42 Å². The summed E-state index contributed by atoms with van der Waals surface area (Å²) in [6.45, 7) is 0.322. The number of amides is 1. The van der Waals surface area contributed by atoms with Crippen molar-refractivity contribution in [1.82, 2.24) is 4.90 Å². The Morgan fingerprint density at radius 3 is 2.50 bits per heavy atom. The van der Waals surface area contributed by atoms with Crippen molar-refractivity contribution in [3.05, 3.63) is 47.9 Å². The van der Waals surface area contributed by atoms with E-state index in [1.165, 1.54) is 29.4 Å². The first kappa shape index (κ1) is 12.0. The van der Waals surface area contributed by atoms with Crippen molar-refractivity contribution in [3.63, 3.8) is 0 Å². The van der Waals surface area contributed by atoms with Crippen molar-refractivity contribution < 1.29 is 19.4 Å². The van der Waals surface area contributed by atoms with E-state index in [9.17, 15) is 15.0 Å². The lowest BCUT2D eigenvalue weighted by molar-refractivity contribution is 0.0774. The molecule has 0 radical (unpaired) electrons. The molecule has 0 bridgehead atoms. The zero-order valence-electron chi connectivity index (χ0n) is 9.83. The first-order valence-electron chi connectivity index (χ1n) is 5.37. The van der Waals surface area contributed by atoms with Crippen LogP contribution in [0, 0.1) is 0 Å². The fourth-order valence-electron chi connectivity index (χ4n) is 1.65. The molecule has 2 aromatic rings. The molecule has 1 aromatic heterocycles. The Hall–Kier alpha value is -2.43. The fraction of sp³-hybridized carbons (Fsp3) is 0.154. The molecule has 0 aliphatic rings. The van der Waals surface area contributed by atoms with Gasteiger partial charge < -0.3 is 19.5 Å². The van der Waals surface area contributed by atoms with E-state index in [1.54, 1.807) is 19.2 Å². The number of phenolic OH excluding ortho intramolecular Hbond substituents is 2. The minimum absolute atomic E-state index is 0.148. The number of phenols is 2. The predicted molar refractivity (Wildman–Crippen MR) is 64.3 cm³/mol. The van der Waals surface area contributed by atoms with Gasteiger partial charge in [-0.25, -0.2) is 0 Å². The second-order valence-electron chi connectivity index (χ2n) is 3.98. The van der Waals surface area contributed by atoms with Gasteiger partial charge in [0, 0.05) is 18.7 Å². The number of benzene rings is 1. The highest BCUT2D eigenvalue weighted by atomic mass is 16.3. The minimum atomic E-state index is -0.308. The van der Waals surface area contributed by atoms with Gasteiger partial charge in [-0.3, -0.25) is 4.79 Å². The van der Waals surface area contributed by atoms with E-state index >= 15 is 0 Å². The third-order valence-corrected chi connectivity index (χ3v) is 2.47. The normalized spacial score (nSPS) is 10.3. The summed E-state index contributed by atoms with van der Waals surface area (Å²) in [5, 5.41) is 18.7. The number of carbonyl (C=O) groups excluding carboxylic acids is 1. The molecule has 1 amide bonds. The second-order valence-corrected chi connectivity index (χ2v) is 3.98. The summed E-state index contributed by atoms with van der Waals surface area (Å²) in [7, 11) is 1.62. The van der Waals surface area contributed by atoms with Crippen LogP contribution in [0.3, 0.4) is 0 Å². The number of rotatable bonds is 3. The van der Waals surface area contributed by atoms with Gasteiger partial charge in [-0.05, 0) is 24.3 Å². The van der Waals surface area contributed by atoms with Gasteiger partial charge in [-0.2, -0.15) is 0 Å². The van der Waals surface area contributed by atoms with Crippen molar-refractivity contribution >= 4 is 5.91 Å². The zero-order valence-corrected chi connectivity index (χ0v) is 9.83. The van der Waals surface area contributed by atoms with Gasteiger partial charge in [0.2, 0.25) is 0 Å². The first-order valence-corrected chi connectivity index (χ1v) is 5.37. The standard InChI is InChI=1S/C13H13NO4/c1-14(8-12-3-2-4-18-12)13(17)9-5-10(15)7-11(16)6-9/h2-7,15-16H,8H2,1H3. The van der Waals surface area contributed by atoms with Gasteiger partial charge in [0.1, 0.15) is 17.3 Å². The number of furan rings is 1. The Labute approximate surface area is 104 Å². The van der Waals surface area contributed by atoms with E-state index in [-0.39, 0.29) is 23.0 Å². The van der Waals surface area contributed by atoms with Crippen LogP contribution in [0.5, 0.6) is 11.5 Å². The smallest absolute Gasteiger partial charge is 0.254 e. The Bertz CT molecular complexity index is 528. The lowest BCUT2D eigenvalue weighted by Crippen LogP contribution is -2.25. The molecule has 0 saturated carbocycles. The molecule has 0 aliphatic carbocycles. The van der Waals surface area contributed by atoms with Crippen molar-refractivity contribution in [3.8, 4) is 11.5 Å². The Balaban J connectivity index is 2.15. The molecule has 2 rings (SSSR count). The van der Waals surface area contributed by atoms with Crippen LogP contribution in [0.4, 0.5) is 0 Å². The van der Waals surface area contributed by atoms with Crippen molar-refractivity contribution in [2.24, 2.45) is 0 Å². The quantitative estimate of drug-likeness (QED) is 0.869. The topological polar surface area (TPSA) is 73.9 Å². The number of hydrogen-bond acceptors (Lipinski definition) is 4. The van der Waals surface area contributed by atoms with E-state index in [0.29, 0.717) is 12.3 Å². The number of carbonyl (C=O) groups is 1. The maximum Gasteiger partial charge on any atom is 0.254 e. The maximum absolute atomic E-state index is 12.0. The van der Waals surface area contributed by atoms with Crippen molar-refractivity contribution in [2.45, 2.75) is 6.54 Å². The van der Waals surface area contributed by atoms with Crippen LogP contribution in [0.2, 0.25) is 0 Å². The molecule has 0 atom stereocenters. The van der Waals surface area contributed by atoms with E-state index < -0.39 is 0 Å². The van der Waals surface area contributed by atoms with Gasteiger partial charge >= 0.3 is 0 Å². The molecule has 0 fully saturated rings. The summed E-state index contributed by atoms with van der Waals surface area (Å²) in [5.41, 5.74) is 0.224. The Morgan fingerprint density at radius 2 is 1.94 bits per heavy atom.